The molecule has 0 aliphatic rings. The predicted octanol–water partition coefficient (Wildman–Crippen LogP) is 0.458. The topological polar surface area (TPSA) is 43.4 Å². The second kappa shape index (κ2) is 4.68. The Kier molecular flexibility index (Phi) is 4.64. The molecule has 0 heterocycles. The van der Waals surface area contributed by atoms with Gasteiger partial charge in [0.15, 0.2) is 0 Å². The summed E-state index contributed by atoms with van der Waals surface area (Å²) in [6.07, 6.45) is 1.84. The van der Waals surface area contributed by atoms with Crippen molar-refractivity contribution in [3.8, 4) is 0 Å². The zero-order valence-corrected chi connectivity index (χ0v) is 7.28. The Balaban J connectivity index is 3.21. The highest BCUT2D eigenvalue weighted by atomic mass is 32.2. The molecule has 0 aliphatic heterocycles. The van der Waals surface area contributed by atoms with Gasteiger partial charge in [0.1, 0.15) is 9.84 Å². The smallest absolute Gasteiger partial charge is 0.147 e. The molecule has 0 fully saturated rings. The lowest BCUT2D eigenvalue weighted by Crippen LogP contribution is -2.06. The SMILES string of the molecule is CCOCCCS(C)(=O)=O. The first-order chi connectivity index (χ1) is 4.56. The van der Waals surface area contributed by atoms with Crippen LogP contribution in [0.25, 0.3) is 0 Å². The van der Waals surface area contributed by atoms with Crippen LogP contribution in [-0.4, -0.2) is 33.6 Å². The van der Waals surface area contributed by atoms with Crippen LogP contribution in [-0.2, 0) is 14.6 Å². The van der Waals surface area contributed by atoms with Gasteiger partial charge in [0.2, 0.25) is 0 Å². The van der Waals surface area contributed by atoms with Gasteiger partial charge < -0.3 is 4.74 Å². The fraction of sp³-hybridized carbons (Fsp3) is 1.00. The van der Waals surface area contributed by atoms with Gasteiger partial charge in [0.05, 0.1) is 5.75 Å². The zero-order chi connectivity index (χ0) is 8.04. The van der Waals surface area contributed by atoms with Crippen LogP contribution in [0.2, 0.25) is 0 Å². The molecule has 0 atom stereocenters. The molecule has 4 heteroatoms. The van der Waals surface area contributed by atoms with Gasteiger partial charge in [-0.25, -0.2) is 8.42 Å². The van der Waals surface area contributed by atoms with Crippen molar-refractivity contribution in [2.75, 3.05) is 25.2 Å². The van der Waals surface area contributed by atoms with Gasteiger partial charge in [0, 0.05) is 19.5 Å². The van der Waals surface area contributed by atoms with Crippen LogP contribution < -0.4 is 0 Å². The Morgan fingerprint density at radius 3 is 2.40 bits per heavy atom. The molecule has 0 amide bonds. The van der Waals surface area contributed by atoms with Crippen molar-refractivity contribution >= 4 is 9.84 Å². The monoisotopic (exact) mass is 166 g/mol. The molecule has 0 N–H and O–H groups in total. The standard InChI is InChI=1S/C6H14O3S/c1-3-9-5-4-6-10(2,7)8/h3-6H2,1-2H3. The molecule has 0 bridgehead atoms. The van der Waals surface area contributed by atoms with Gasteiger partial charge in [-0.2, -0.15) is 0 Å². The van der Waals surface area contributed by atoms with Crippen LogP contribution in [0.3, 0.4) is 0 Å². The van der Waals surface area contributed by atoms with Crippen LogP contribution in [0.5, 0.6) is 0 Å². The molecule has 0 spiro atoms. The second-order valence-corrected chi connectivity index (χ2v) is 4.44. The molecule has 62 valence electrons. The van der Waals surface area contributed by atoms with Crippen molar-refractivity contribution in [3.63, 3.8) is 0 Å². The lowest BCUT2D eigenvalue weighted by atomic mass is 10.5. The summed E-state index contributed by atoms with van der Waals surface area (Å²) in [6, 6.07) is 0. The van der Waals surface area contributed by atoms with Gasteiger partial charge >= 0.3 is 0 Å². The van der Waals surface area contributed by atoms with Crippen LogP contribution in [0.15, 0.2) is 0 Å². The summed E-state index contributed by atoms with van der Waals surface area (Å²) in [5.41, 5.74) is 0. The van der Waals surface area contributed by atoms with Gasteiger partial charge in [-0.15, -0.1) is 0 Å². The molecule has 0 rings (SSSR count). The van der Waals surface area contributed by atoms with E-state index >= 15 is 0 Å². The van der Waals surface area contributed by atoms with Gasteiger partial charge in [0.25, 0.3) is 0 Å². The third kappa shape index (κ3) is 7.91. The van der Waals surface area contributed by atoms with Crippen LogP contribution in [0.4, 0.5) is 0 Å². The molecule has 3 nitrogen and oxygen atoms in total. The second-order valence-electron chi connectivity index (χ2n) is 2.18. The van der Waals surface area contributed by atoms with Crippen molar-refractivity contribution in [1.29, 1.82) is 0 Å². The van der Waals surface area contributed by atoms with Crippen molar-refractivity contribution in [3.05, 3.63) is 0 Å². The Bertz CT molecular complexity index is 160. The van der Waals surface area contributed by atoms with Crippen LogP contribution in [0, 0.1) is 0 Å². The number of ether oxygens (including phenoxy) is 1. The largest absolute Gasteiger partial charge is 0.382 e. The van der Waals surface area contributed by atoms with E-state index in [9.17, 15) is 8.42 Å². The summed E-state index contributed by atoms with van der Waals surface area (Å²) in [4.78, 5) is 0. The third-order valence-electron chi connectivity index (χ3n) is 1.01. The first kappa shape index (κ1) is 9.91. The average molecular weight is 166 g/mol. The molecule has 0 saturated heterocycles. The van der Waals surface area contributed by atoms with E-state index in [-0.39, 0.29) is 5.75 Å². The van der Waals surface area contributed by atoms with E-state index in [2.05, 4.69) is 0 Å². The summed E-state index contributed by atoms with van der Waals surface area (Å²) < 4.78 is 26.0. The molecule has 0 unspecified atom stereocenters. The molecule has 0 aromatic rings. The van der Waals surface area contributed by atoms with Gasteiger partial charge in [-0.1, -0.05) is 0 Å². The summed E-state index contributed by atoms with van der Waals surface area (Å²) >= 11 is 0. The Morgan fingerprint density at radius 1 is 1.40 bits per heavy atom. The Labute approximate surface area is 62.3 Å². The van der Waals surface area contributed by atoms with E-state index in [1.54, 1.807) is 0 Å². The minimum absolute atomic E-state index is 0.229. The maximum Gasteiger partial charge on any atom is 0.147 e. The number of sulfone groups is 1. The van der Waals surface area contributed by atoms with Crippen LogP contribution >= 0.6 is 0 Å². The van der Waals surface area contributed by atoms with Crippen molar-refractivity contribution in [2.24, 2.45) is 0 Å². The molecule has 0 saturated carbocycles. The van der Waals surface area contributed by atoms with Crippen molar-refractivity contribution in [1.82, 2.24) is 0 Å². The molecular weight excluding hydrogens is 152 g/mol. The lowest BCUT2D eigenvalue weighted by molar-refractivity contribution is 0.148. The molecule has 0 aromatic carbocycles. The molecule has 0 aliphatic carbocycles. The number of hydrogen-bond donors (Lipinski definition) is 0. The predicted molar refractivity (Wildman–Crippen MR) is 40.8 cm³/mol. The van der Waals surface area contributed by atoms with E-state index in [1.165, 1.54) is 6.26 Å². The number of hydrogen-bond acceptors (Lipinski definition) is 3. The van der Waals surface area contributed by atoms with E-state index in [1.807, 2.05) is 6.92 Å². The summed E-state index contributed by atoms with van der Waals surface area (Å²) in [5, 5.41) is 0. The molecule has 0 radical (unpaired) electrons. The molecule has 0 aromatic heterocycles. The maximum absolute atomic E-state index is 10.5. The summed E-state index contributed by atoms with van der Waals surface area (Å²) in [6.45, 7) is 3.09. The maximum atomic E-state index is 10.5. The van der Waals surface area contributed by atoms with Gasteiger partial charge in [-0.05, 0) is 13.3 Å². The highest BCUT2D eigenvalue weighted by molar-refractivity contribution is 7.90. The van der Waals surface area contributed by atoms with E-state index in [0.29, 0.717) is 19.6 Å². The highest BCUT2D eigenvalue weighted by Gasteiger charge is 1.99. The Hall–Kier alpha value is -0.0900. The Morgan fingerprint density at radius 2 is 2.00 bits per heavy atom. The van der Waals surface area contributed by atoms with Crippen molar-refractivity contribution in [2.45, 2.75) is 13.3 Å². The number of rotatable bonds is 5. The van der Waals surface area contributed by atoms with Gasteiger partial charge in [-0.3, -0.25) is 0 Å². The first-order valence-corrected chi connectivity index (χ1v) is 5.38. The quantitative estimate of drug-likeness (QED) is 0.557. The highest BCUT2D eigenvalue weighted by Crippen LogP contribution is 1.89. The van der Waals surface area contributed by atoms with E-state index < -0.39 is 9.84 Å². The third-order valence-corrected chi connectivity index (χ3v) is 2.04. The fourth-order valence-electron chi connectivity index (χ4n) is 0.568. The lowest BCUT2D eigenvalue weighted by Gasteiger charge is -1.98. The fourth-order valence-corrected chi connectivity index (χ4v) is 1.21. The minimum atomic E-state index is -2.78. The van der Waals surface area contributed by atoms with Crippen molar-refractivity contribution < 1.29 is 13.2 Å². The summed E-state index contributed by atoms with van der Waals surface area (Å²) in [5.74, 6) is 0.229. The van der Waals surface area contributed by atoms with Crippen LogP contribution in [0.1, 0.15) is 13.3 Å². The summed E-state index contributed by atoms with van der Waals surface area (Å²) in [7, 11) is -2.78. The zero-order valence-electron chi connectivity index (χ0n) is 6.46. The average Bonchev–Trinajstić information content (AvgIpc) is 1.78. The molecular formula is C6H14O3S. The normalized spacial score (nSPS) is 11.8. The van der Waals surface area contributed by atoms with E-state index in [4.69, 9.17) is 4.74 Å². The minimum Gasteiger partial charge on any atom is -0.382 e. The van der Waals surface area contributed by atoms with E-state index in [0.717, 1.165) is 0 Å². The first-order valence-electron chi connectivity index (χ1n) is 3.31. The molecule has 10 heavy (non-hydrogen) atoms.